The van der Waals surface area contributed by atoms with E-state index in [4.69, 9.17) is 21.5 Å². The largest absolute Gasteiger partial charge is 0.505 e. The number of anilines is 2. The number of aromatic nitrogens is 2. The number of phenolic OH excluding ortho intramolecular Hbond substituents is 1. The van der Waals surface area contributed by atoms with Crippen LogP contribution in [-0.4, -0.2) is 65.7 Å². The minimum Gasteiger partial charge on any atom is -0.505 e. The molecular formula is C21H27ClFN5O3. The lowest BCUT2D eigenvalue weighted by molar-refractivity contribution is -0.130. The van der Waals surface area contributed by atoms with Crippen molar-refractivity contribution in [3.05, 3.63) is 41.6 Å². The fourth-order valence-electron chi connectivity index (χ4n) is 3.73. The molecule has 0 radical (unpaired) electrons. The van der Waals surface area contributed by atoms with Crippen LogP contribution in [-0.2, 0) is 9.63 Å². The molecule has 1 N–H and O–H groups in total. The molecule has 1 aromatic heterocycles. The van der Waals surface area contributed by atoms with Gasteiger partial charge >= 0.3 is 0 Å². The second-order valence-corrected chi connectivity index (χ2v) is 7.81. The highest BCUT2D eigenvalue weighted by molar-refractivity contribution is 6.29. The number of carbonyl (C=O) groups excluding carboxylic acids is 1. The van der Waals surface area contributed by atoms with Crippen LogP contribution in [0.15, 0.2) is 30.6 Å². The van der Waals surface area contributed by atoms with Gasteiger partial charge in [0.15, 0.2) is 11.6 Å². The Morgan fingerprint density at radius 1 is 1.23 bits per heavy atom. The van der Waals surface area contributed by atoms with Gasteiger partial charge in [-0.15, -0.1) is 0 Å². The van der Waals surface area contributed by atoms with Crippen LogP contribution in [0.5, 0.6) is 5.75 Å². The molecule has 0 aliphatic carbocycles. The molecular weight excluding hydrogens is 425 g/mol. The summed E-state index contributed by atoms with van der Waals surface area (Å²) in [6.45, 7) is 2.78. The summed E-state index contributed by atoms with van der Waals surface area (Å²) in [7, 11) is 3.12. The minimum atomic E-state index is -0.656. The number of nitrogens with zero attached hydrogens (tertiary/aromatic N) is 5. The van der Waals surface area contributed by atoms with Crippen LogP contribution in [0.1, 0.15) is 25.7 Å². The van der Waals surface area contributed by atoms with Crippen LogP contribution in [0.25, 0.3) is 0 Å². The number of halogens is 2. The highest BCUT2D eigenvalue weighted by atomic mass is 35.5. The van der Waals surface area contributed by atoms with Gasteiger partial charge in [0, 0.05) is 45.2 Å². The predicted molar refractivity (Wildman–Crippen MR) is 117 cm³/mol. The van der Waals surface area contributed by atoms with E-state index >= 15 is 0 Å². The third-order valence-corrected chi connectivity index (χ3v) is 5.71. The van der Waals surface area contributed by atoms with Gasteiger partial charge in [0.25, 0.3) is 0 Å². The molecule has 2 aliphatic heterocycles. The van der Waals surface area contributed by atoms with E-state index in [0.29, 0.717) is 22.8 Å². The standard InChI is InChI=1S/C13H17ClN4O.C8H10FNO2/c14-11-8-16-12(9-15-11)17-6-3-10(4-7-17)18-5-1-2-13(18)19;1-10(12-2)6-3-4-8(11)7(9)5-6/h8-10H,1-7H2;3-5,11H,1-2H3. The number of hydrogen-bond donors (Lipinski definition) is 1. The van der Waals surface area contributed by atoms with Gasteiger partial charge in [-0.2, -0.15) is 0 Å². The molecule has 2 aliphatic rings. The van der Waals surface area contributed by atoms with Gasteiger partial charge in [0.05, 0.1) is 25.2 Å². The zero-order valence-electron chi connectivity index (χ0n) is 17.7. The molecule has 168 valence electrons. The van der Waals surface area contributed by atoms with Gasteiger partial charge in [0.1, 0.15) is 11.0 Å². The van der Waals surface area contributed by atoms with Crippen LogP contribution in [0.4, 0.5) is 15.9 Å². The third-order valence-electron chi connectivity index (χ3n) is 5.51. The molecule has 0 unspecified atom stereocenters. The SMILES string of the molecule is CON(C)c1ccc(O)c(F)c1.O=C1CCCN1C1CCN(c2cnc(Cl)cn2)CC1. The van der Waals surface area contributed by atoms with Gasteiger partial charge < -0.3 is 14.9 Å². The summed E-state index contributed by atoms with van der Waals surface area (Å²) in [5, 5.41) is 10.7. The van der Waals surface area contributed by atoms with Crippen LogP contribution >= 0.6 is 11.6 Å². The highest BCUT2D eigenvalue weighted by Gasteiger charge is 2.30. The minimum absolute atomic E-state index is 0.324. The van der Waals surface area contributed by atoms with Crippen molar-refractivity contribution in [1.82, 2.24) is 14.9 Å². The van der Waals surface area contributed by atoms with E-state index in [1.807, 2.05) is 0 Å². The molecule has 3 heterocycles. The molecule has 2 aromatic rings. The number of benzene rings is 1. The summed E-state index contributed by atoms with van der Waals surface area (Å²) >= 11 is 5.74. The van der Waals surface area contributed by atoms with Crippen molar-refractivity contribution < 1.29 is 19.1 Å². The average molecular weight is 452 g/mol. The van der Waals surface area contributed by atoms with Crippen molar-refractivity contribution in [2.24, 2.45) is 0 Å². The van der Waals surface area contributed by atoms with Crippen LogP contribution < -0.4 is 9.96 Å². The summed E-state index contributed by atoms with van der Waals surface area (Å²) in [4.78, 5) is 29.2. The maximum Gasteiger partial charge on any atom is 0.222 e. The number of amides is 1. The van der Waals surface area contributed by atoms with Crippen LogP contribution in [0.3, 0.4) is 0 Å². The van der Waals surface area contributed by atoms with Crippen LogP contribution in [0, 0.1) is 5.82 Å². The molecule has 8 nitrogen and oxygen atoms in total. The van der Waals surface area contributed by atoms with Crippen LogP contribution in [0.2, 0.25) is 5.15 Å². The van der Waals surface area contributed by atoms with E-state index in [9.17, 15) is 9.18 Å². The van der Waals surface area contributed by atoms with E-state index in [-0.39, 0.29) is 5.75 Å². The van der Waals surface area contributed by atoms with Gasteiger partial charge in [-0.25, -0.2) is 14.4 Å². The number of carbonyl (C=O) groups is 1. The quantitative estimate of drug-likeness (QED) is 0.714. The zero-order chi connectivity index (χ0) is 22.4. The number of likely N-dealkylation sites (tertiary alicyclic amines) is 1. The monoisotopic (exact) mass is 451 g/mol. The first-order valence-electron chi connectivity index (χ1n) is 10.2. The first-order valence-corrected chi connectivity index (χ1v) is 10.5. The molecule has 0 atom stereocenters. The lowest BCUT2D eigenvalue weighted by atomic mass is 10.0. The highest BCUT2D eigenvalue weighted by Crippen LogP contribution is 2.24. The molecule has 0 bridgehead atoms. The molecule has 1 aromatic carbocycles. The van der Waals surface area contributed by atoms with Gasteiger partial charge in [-0.05, 0) is 31.4 Å². The van der Waals surface area contributed by atoms with Gasteiger partial charge in [-0.1, -0.05) is 11.6 Å². The summed E-state index contributed by atoms with van der Waals surface area (Å²) in [6, 6.07) is 4.44. The first-order chi connectivity index (χ1) is 14.9. The molecule has 31 heavy (non-hydrogen) atoms. The van der Waals surface area contributed by atoms with E-state index in [2.05, 4.69) is 19.8 Å². The van der Waals surface area contributed by atoms with E-state index in [0.717, 1.165) is 51.1 Å². The molecule has 0 saturated carbocycles. The summed E-state index contributed by atoms with van der Waals surface area (Å²) in [5.41, 5.74) is 0.549. The fourth-order valence-corrected chi connectivity index (χ4v) is 3.83. The number of hydrogen-bond acceptors (Lipinski definition) is 7. The maximum absolute atomic E-state index is 12.7. The number of rotatable bonds is 4. The zero-order valence-corrected chi connectivity index (χ0v) is 18.4. The van der Waals surface area contributed by atoms with E-state index < -0.39 is 5.82 Å². The average Bonchev–Trinajstić information content (AvgIpc) is 3.22. The molecule has 2 saturated heterocycles. The van der Waals surface area contributed by atoms with Crippen molar-refractivity contribution in [3.8, 4) is 5.75 Å². The Morgan fingerprint density at radius 3 is 2.52 bits per heavy atom. The second kappa shape index (κ2) is 10.6. The van der Waals surface area contributed by atoms with E-state index in [1.165, 1.54) is 24.3 Å². The van der Waals surface area contributed by atoms with Crippen molar-refractivity contribution >= 4 is 29.0 Å². The lowest BCUT2D eigenvalue weighted by Crippen LogP contribution is -2.45. The first kappa shape index (κ1) is 23.0. The Balaban J connectivity index is 0.000000196. The number of aromatic hydroxyl groups is 1. The molecule has 1 amide bonds. The summed E-state index contributed by atoms with van der Waals surface area (Å²) in [6.07, 6.45) is 7.05. The Hall–Kier alpha value is -2.65. The number of hydroxylamine groups is 1. The second-order valence-electron chi connectivity index (χ2n) is 7.42. The fraction of sp³-hybridized carbons (Fsp3) is 0.476. The Morgan fingerprint density at radius 2 is 1.97 bits per heavy atom. The third kappa shape index (κ3) is 5.95. The van der Waals surface area contributed by atoms with Gasteiger partial charge in [-0.3, -0.25) is 14.7 Å². The topological polar surface area (TPSA) is 82.0 Å². The van der Waals surface area contributed by atoms with Crippen molar-refractivity contribution in [2.75, 3.05) is 43.8 Å². The van der Waals surface area contributed by atoms with Gasteiger partial charge in [0.2, 0.25) is 5.91 Å². The lowest BCUT2D eigenvalue weighted by Gasteiger charge is -2.37. The Kier molecular flexibility index (Phi) is 7.86. The molecule has 4 rings (SSSR count). The van der Waals surface area contributed by atoms with Crippen molar-refractivity contribution in [2.45, 2.75) is 31.7 Å². The Bertz CT molecular complexity index is 878. The predicted octanol–water partition coefficient (Wildman–Crippen LogP) is 3.25. The maximum atomic E-state index is 12.7. The normalized spacial score (nSPS) is 16.8. The number of phenols is 1. The molecule has 10 heteroatoms. The Labute approximate surface area is 186 Å². The number of piperidine rings is 1. The molecule has 0 spiro atoms. The van der Waals surface area contributed by atoms with E-state index in [1.54, 1.807) is 25.5 Å². The molecule has 2 fully saturated rings. The van der Waals surface area contributed by atoms with Crippen molar-refractivity contribution in [3.63, 3.8) is 0 Å². The summed E-state index contributed by atoms with van der Waals surface area (Å²) in [5.74, 6) is 0.181. The summed E-state index contributed by atoms with van der Waals surface area (Å²) < 4.78 is 12.7. The van der Waals surface area contributed by atoms with Crippen molar-refractivity contribution in [1.29, 1.82) is 0 Å². The smallest absolute Gasteiger partial charge is 0.222 e.